The molecule has 0 radical (unpaired) electrons. The molecular weight excluding hydrogens is 338 g/mol. The summed E-state index contributed by atoms with van der Waals surface area (Å²) < 4.78 is 6.07. The number of hydrogen-bond acceptors (Lipinski definition) is 5. The number of aromatic nitrogens is 1. The monoisotopic (exact) mass is 371 g/mol. The first-order valence-electron chi connectivity index (χ1n) is 8.86. The smallest absolute Gasteiger partial charge is 0.106 e. The number of nitrogens with zero attached hydrogens (tertiary/aromatic N) is 1. The predicted molar refractivity (Wildman–Crippen MR) is 107 cm³/mol. The lowest BCUT2D eigenvalue weighted by Gasteiger charge is -2.30. The highest BCUT2D eigenvalue weighted by atomic mass is 33.1. The summed E-state index contributed by atoms with van der Waals surface area (Å²) in [7, 11) is 3.62. The van der Waals surface area contributed by atoms with E-state index in [4.69, 9.17) is 4.74 Å². The summed E-state index contributed by atoms with van der Waals surface area (Å²) in [5.74, 6) is 1.13. The molecule has 1 atom stereocenters. The van der Waals surface area contributed by atoms with Gasteiger partial charge in [0.05, 0.1) is 5.60 Å². The van der Waals surface area contributed by atoms with Crippen LogP contribution in [0.3, 0.4) is 0 Å². The third-order valence-corrected chi connectivity index (χ3v) is 6.82. The molecule has 3 nitrogen and oxygen atoms in total. The zero-order chi connectivity index (χ0) is 17.9. The Morgan fingerprint density at radius 3 is 2.58 bits per heavy atom. The summed E-state index contributed by atoms with van der Waals surface area (Å²) in [5, 5.41) is 10.5. The van der Waals surface area contributed by atoms with Crippen LogP contribution in [0.4, 0.5) is 0 Å². The van der Waals surface area contributed by atoms with Crippen LogP contribution < -0.4 is 0 Å². The van der Waals surface area contributed by atoms with Gasteiger partial charge in [-0.3, -0.25) is 0 Å². The van der Waals surface area contributed by atoms with Crippen molar-refractivity contribution in [3.63, 3.8) is 0 Å². The largest absolute Gasteiger partial charge is 0.396 e. The van der Waals surface area contributed by atoms with Crippen LogP contribution in [0.1, 0.15) is 59.8 Å². The predicted octanol–water partition coefficient (Wildman–Crippen LogP) is 5.59. The normalized spacial score (nSPS) is 14.5. The van der Waals surface area contributed by atoms with Gasteiger partial charge in [-0.05, 0) is 74.3 Å². The molecule has 5 heteroatoms. The SMILES string of the molecule is CCC(C)(CO)CCOC(C)(C)CCCCSSc1ccccn1. The van der Waals surface area contributed by atoms with Gasteiger partial charge >= 0.3 is 0 Å². The van der Waals surface area contributed by atoms with E-state index < -0.39 is 0 Å². The zero-order valence-electron chi connectivity index (χ0n) is 15.6. The van der Waals surface area contributed by atoms with Gasteiger partial charge in [0.2, 0.25) is 0 Å². The molecule has 1 heterocycles. The van der Waals surface area contributed by atoms with Gasteiger partial charge in [-0.25, -0.2) is 4.98 Å². The van der Waals surface area contributed by atoms with Gasteiger partial charge in [0.1, 0.15) is 5.03 Å². The Morgan fingerprint density at radius 1 is 1.17 bits per heavy atom. The van der Waals surface area contributed by atoms with Gasteiger partial charge in [-0.2, -0.15) is 0 Å². The van der Waals surface area contributed by atoms with Gasteiger partial charge in [0.15, 0.2) is 0 Å². The zero-order valence-corrected chi connectivity index (χ0v) is 17.2. The van der Waals surface area contributed by atoms with Crippen LogP contribution in [0.25, 0.3) is 0 Å². The maximum atomic E-state index is 9.46. The quantitative estimate of drug-likeness (QED) is 0.362. The fourth-order valence-corrected chi connectivity index (χ4v) is 4.25. The van der Waals surface area contributed by atoms with Crippen LogP contribution in [0.15, 0.2) is 29.4 Å². The minimum Gasteiger partial charge on any atom is -0.396 e. The molecule has 0 aromatic carbocycles. The fourth-order valence-electron chi connectivity index (χ4n) is 2.22. The van der Waals surface area contributed by atoms with Crippen LogP contribution in [-0.2, 0) is 4.74 Å². The fraction of sp³-hybridized carbons (Fsp3) is 0.737. The molecule has 0 saturated heterocycles. The lowest BCUT2D eigenvalue weighted by molar-refractivity contribution is -0.0423. The van der Waals surface area contributed by atoms with E-state index in [1.165, 1.54) is 12.8 Å². The molecule has 1 rings (SSSR count). The Morgan fingerprint density at radius 2 is 1.96 bits per heavy atom. The molecule has 1 aromatic rings. The van der Waals surface area contributed by atoms with E-state index >= 15 is 0 Å². The Kier molecular flexibility index (Phi) is 10.4. The second kappa shape index (κ2) is 11.4. The standard InChI is InChI=1S/C19H33NO2S2/c1-5-19(4,16-21)12-14-22-18(2,3)11-7-9-15-23-24-17-10-6-8-13-20-17/h6,8,10,13,21H,5,7,9,11-12,14-16H2,1-4H3. The van der Waals surface area contributed by atoms with Gasteiger partial charge in [0, 0.05) is 25.2 Å². The maximum Gasteiger partial charge on any atom is 0.106 e. The molecule has 24 heavy (non-hydrogen) atoms. The van der Waals surface area contributed by atoms with Crippen molar-refractivity contribution < 1.29 is 9.84 Å². The first-order chi connectivity index (χ1) is 11.4. The number of pyridine rings is 1. The average Bonchev–Trinajstić information content (AvgIpc) is 2.58. The van der Waals surface area contributed by atoms with E-state index in [1.807, 2.05) is 35.2 Å². The second-order valence-corrected chi connectivity index (χ2v) is 9.65. The van der Waals surface area contributed by atoms with Crippen molar-refractivity contribution >= 4 is 21.6 Å². The number of aliphatic hydroxyl groups is 1. The molecule has 0 bridgehead atoms. The first kappa shape index (κ1) is 21.8. The number of ether oxygens (including phenoxy) is 1. The van der Waals surface area contributed by atoms with E-state index in [2.05, 4.69) is 32.7 Å². The van der Waals surface area contributed by atoms with Gasteiger partial charge in [-0.15, -0.1) is 0 Å². The summed E-state index contributed by atoms with van der Waals surface area (Å²) in [6.45, 7) is 9.55. The van der Waals surface area contributed by atoms with Gasteiger partial charge in [-0.1, -0.05) is 30.7 Å². The molecule has 0 saturated carbocycles. The first-order valence-corrected chi connectivity index (χ1v) is 11.2. The van der Waals surface area contributed by atoms with Crippen molar-refractivity contribution in [2.45, 2.75) is 70.4 Å². The molecule has 0 aliphatic carbocycles. The maximum absolute atomic E-state index is 9.46. The van der Waals surface area contributed by atoms with Crippen molar-refractivity contribution in [3.8, 4) is 0 Å². The average molecular weight is 372 g/mol. The summed E-state index contributed by atoms with van der Waals surface area (Å²) in [4.78, 5) is 4.31. The third-order valence-electron chi connectivity index (χ3n) is 4.47. The second-order valence-electron chi connectivity index (χ2n) is 7.21. The highest BCUT2D eigenvalue weighted by molar-refractivity contribution is 8.76. The van der Waals surface area contributed by atoms with Gasteiger partial charge < -0.3 is 9.84 Å². The molecule has 1 unspecified atom stereocenters. The molecule has 0 amide bonds. The molecular formula is C19H33NO2S2. The minimum atomic E-state index is -0.0805. The Hall–Kier alpha value is -0.230. The molecule has 1 N–H and O–H groups in total. The molecule has 138 valence electrons. The summed E-state index contributed by atoms with van der Waals surface area (Å²) in [6.07, 6.45) is 7.18. The van der Waals surface area contributed by atoms with E-state index in [9.17, 15) is 5.11 Å². The van der Waals surface area contributed by atoms with Crippen LogP contribution in [0.2, 0.25) is 0 Å². The van der Waals surface area contributed by atoms with Crippen molar-refractivity contribution in [1.29, 1.82) is 0 Å². The molecule has 0 aliphatic rings. The number of rotatable bonds is 13. The van der Waals surface area contributed by atoms with Crippen molar-refractivity contribution in [2.75, 3.05) is 19.0 Å². The summed E-state index contributed by atoms with van der Waals surface area (Å²) in [5.41, 5.74) is -0.0850. The number of aliphatic hydroxyl groups excluding tert-OH is 1. The molecule has 0 fully saturated rings. The molecule has 1 aromatic heterocycles. The highest BCUT2D eigenvalue weighted by Crippen LogP contribution is 2.31. The van der Waals surface area contributed by atoms with Crippen LogP contribution >= 0.6 is 21.6 Å². The lowest BCUT2D eigenvalue weighted by Crippen LogP contribution is -2.29. The van der Waals surface area contributed by atoms with E-state index in [1.54, 1.807) is 10.8 Å². The minimum absolute atomic E-state index is 0.00455. The Balaban J connectivity index is 2.10. The highest BCUT2D eigenvalue weighted by Gasteiger charge is 2.23. The Bertz CT molecular complexity index is 436. The topological polar surface area (TPSA) is 42.4 Å². The summed E-state index contributed by atoms with van der Waals surface area (Å²) >= 11 is 0. The number of hydrogen-bond donors (Lipinski definition) is 1. The Labute approximate surface area is 155 Å². The van der Waals surface area contributed by atoms with Crippen molar-refractivity contribution in [1.82, 2.24) is 4.98 Å². The third kappa shape index (κ3) is 9.30. The van der Waals surface area contributed by atoms with Crippen LogP contribution in [0.5, 0.6) is 0 Å². The van der Waals surface area contributed by atoms with Crippen molar-refractivity contribution in [2.24, 2.45) is 5.41 Å². The van der Waals surface area contributed by atoms with Crippen LogP contribution in [-0.4, -0.2) is 34.7 Å². The molecule has 0 spiro atoms. The number of unbranched alkanes of at least 4 members (excludes halogenated alkanes) is 1. The summed E-state index contributed by atoms with van der Waals surface area (Å²) in [6, 6.07) is 6.02. The van der Waals surface area contributed by atoms with E-state index in [0.717, 1.165) is 36.6 Å². The van der Waals surface area contributed by atoms with Crippen molar-refractivity contribution in [3.05, 3.63) is 24.4 Å². The molecule has 0 aliphatic heterocycles. The van der Waals surface area contributed by atoms with Crippen LogP contribution in [0, 0.1) is 5.41 Å². The van der Waals surface area contributed by atoms with E-state index in [0.29, 0.717) is 0 Å². The van der Waals surface area contributed by atoms with E-state index in [-0.39, 0.29) is 17.6 Å². The van der Waals surface area contributed by atoms with Gasteiger partial charge in [0.25, 0.3) is 0 Å². The lowest BCUT2D eigenvalue weighted by atomic mass is 9.85.